The van der Waals surface area contributed by atoms with E-state index < -0.39 is 0 Å². The Labute approximate surface area is 223 Å². The molecule has 1 aliphatic rings. The van der Waals surface area contributed by atoms with Crippen molar-refractivity contribution < 1.29 is 0 Å². The monoisotopic (exact) mass is 533 g/mol. The summed E-state index contributed by atoms with van der Waals surface area (Å²) >= 11 is 3.60. The van der Waals surface area contributed by atoms with Gasteiger partial charge in [-0.25, -0.2) is 0 Å². The predicted molar refractivity (Wildman–Crippen MR) is 159 cm³/mol. The fourth-order valence-corrected chi connectivity index (χ4v) is 5.54. The van der Waals surface area contributed by atoms with Crippen LogP contribution in [0.2, 0.25) is 0 Å². The zero-order valence-corrected chi connectivity index (χ0v) is 23.0. The summed E-state index contributed by atoms with van der Waals surface area (Å²) in [6, 6.07) is 33.2. The summed E-state index contributed by atoms with van der Waals surface area (Å²) in [5.74, 6) is 0. The van der Waals surface area contributed by atoms with Crippen LogP contribution in [0.1, 0.15) is 50.8 Å². The van der Waals surface area contributed by atoms with Gasteiger partial charge in [0.25, 0.3) is 0 Å². The fourth-order valence-electron chi connectivity index (χ4n) is 5.28. The van der Waals surface area contributed by atoms with E-state index in [1.54, 1.807) is 0 Å². The molecule has 180 valence electrons. The van der Waals surface area contributed by atoms with Gasteiger partial charge >= 0.3 is 0 Å². The lowest BCUT2D eigenvalue weighted by Gasteiger charge is -2.28. The van der Waals surface area contributed by atoms with Crippen LogP contribution in [0, 0.1) is 0 Å². The first-order chi connectivity index (χ1) is 17.4. The minimum atomic E-state index is -0.0381. The molecule has 0 saturated carbocycles. The van der Waals surface area contributed by atoms with Crippen LogP contribution < -0.4 is 4.90 Å². The highest BCUT2D eigenvalue weighted by Gasteiger charge is 2.35. The van der Waals surface area contributed by atoms with Crippen LogP contribution in [0.3, 0.4) is 0 Å². The lowest BCUT2D eigenvalue weighted by atomic mass is 9.82. The Morgan fingerprint density at radius 2 is 1.39 bits per heavy atom. The van der Waals surface area contributed by atoms with Gasteiger partial charge in [-0.05, 0) is 95.3 Å². The maximum atomic E-state index is 3.60. The summed E-state index contributed by atoms with van der Waals surface area (Å²) in [5.41, 5.74) is 11.3. The highest BCUT2D eigenvalue weighted by Crippen LogP contribution is 2.50. The molecule has 2 heteroatoms. The highest BCUT2D eigenvalue weighted by molar-refractivity contribution is 9.10. The average Bonchev–Trinajstić information content (AvgIpc) is 3.13. The van der Waals surface area contributed by atoms with Crippen LogP contribution in [0.15, 0.2) is 114 Å². The van der Waals surface area contributed by atoms with Gasteiger partial charge in [0.1, 0.15) is 0 Å². The van der Waals surface area contributed by atoms with Crippen molar-refractivity contribution in [3.05, 3.63) is 130 Å². The van der Waals surface area contributed by atoms with Crippen molar-refractivity contribution >= 4 is 38.6 Å². The van der Waals surface area contributed by atoms with Crippen molar-refractivity contribution in [2.75, 3.05) is 4.90 Å². The number of nitrogens with zero attached hydrogens (tertiary/aromatic N) is 1. The number of fused-ring (bicyclic) bond motifs is 3. The number of allylic oxidation sites excluding steroid dienone is 4. The fraction of sp³-hybridized carbons (Fsp3) is 0.176. The van der Waals surface area contributed by atoms with E-state index in [1.165, 1.54) is 39.1 Å². The quantitative estimate of drug-likeness (QED) is 0.222. The molecule has 1 aliphatic carbocycles. The van der Waals surface area contributed by atoms with E-state index in [0.717, 1.165) is 22.3 Å². The highest BCUT2D eigenvalue weighted by atomic mass is 79.9. The molecule has 0 radical (unpaired) electrons. The maximum Gasteiger partial charge on any atom is 0.0465 e. The van der Waals surface area contributed by atoms with Crippen LogP contribution >= 0.6 is 15.9 Å². The Hall–Kier alpha value is -3.36. The maximum absolute atomic E-state index is 3.60. The molecule has 0 bridgehead atoms. The van der Waals surface area contributed by atoms with Gasteiger partial charge in [0.15, 0.2) is 0 Å². The molecule has 1 nitrogen and oxygen atoms in total. The second-order valence-corrected chi connectivity index (χ2v) is 10.7. The second-order valence-electron chi connectivity index (χ2n) is 9.81. The summed E-state index contributed by atoms with van der Waals surface area (Å²) in [6.45, 7) is 8.94. The Bertz CT molecular complexity index is 1440. The molecular weight excluding hydrogens is 502 g/mol. The Kier molecular flexibility index (Phi) is 6.73. The Morgan fingerprint density at radius 3 is 2.06 bits per heavy atom. The van der Waals surface area contributed by atoms with Crippen LogP contribution in [0.25, 0.3) is 16.7 Å². The van der Waals surface area contributed by atoms with Gasteiger partial charge in [0.05, 0.1) is 0 Å². The summed E-state index contributed by atoms with van der Waals surface area (Å²) in [4.78, 5) is 2.35. The molecule has 4 aromatic rings. The van der Waals surface area contributed by atoms with Gasteiger partial charge in [0, 0.05) is 26.9 Å². The Morgan fingerprint density at radius 1 is 0.778 bits per heavy atom. The molecule has 0 aromatic heterocycles. The first kappa shape index (κ1) is 24.3. The molecule has 0 N–H and O–H groups in total. The molecule has 0 unspecified atom stereocenters. The smallest absolute Gasteiger partial charge is 0.0465 e. The van der Waals surface area contributed by atoms with Gasteiger partial charge in [-0.3, -0.25) is 0 Å². The average molecular weight is 535 g/mol. The van der Waals surface area contributed by atoms with Crippen LogP contribution in [0.5, 0.6) is 0 Å². The van der Waals surface area contributed by atoms with Gasteiger partial charge < -0.3 is 4.90 Å². The third-order valence-electron chi connectivity index (χ3n) is 7.21. The van der Waals surface area contributed by atoms with E-state index in [1.807, 2.05) is 0 Å². The van der Waals surface area contributed by atoms with E-state index in [2.05, 4.69) is 158 Å². The SMILES string of the molecule is C/C=C(\C=C/CC)c1ccc(N(c2ccc(Br)cc2)c2ccc3c(c2)C(C)(C)c2ccccc2-3)cc1. The Balaban J connectivity index is 1.61. The first-order valence-electron chi connectivity index (χ1n) is 12.7. The molecule has 0 amide bonds. The number of rotatable bonds is 6. The molecule has 0 spiro atoms. The van der Waals surface area contributed by atoms with E-state index in [9.17, 15) is 0 Å². The molecule has 36 heavy (non-hydrogen) atoms. The molecule has 0 saturated heterocycles. The van der Waals surface area contributed by atoms with Gasteiger partial charge in [-0.15, -0.1) is 0 Å². The second kappa shape index (κ2) is 9.95. The molecule has 0 heterocycles. The third kappa shape index (κ3) is 4.35. The zero-order chi connectivity index (χ0) is 25.3. The largest absolute Gasteiger partial charge is 0.310 e. The third-order valence-corrected chi connectivity index (χ3v) is 7.74. The summed E-state index contributed by atoms with van der Waals surface area (Å²) in [7, 11) is 0. The van der Waals surface area contributed by atoms with Crippen molar-refractivity contribution in [2.45, 2.75) is 39.5 Å². The van der Waals surface area contributed by atoms with Crippen LogP contribution in [0.4, 0.5) is 17.1 Å². The van der Waals surface area contributed by atoms with E-state index in [0.29, 0.717) is 0 Å². The summed E-state index contributed by atoms with van der Waals surface area (Å²) in [6.07, 6.45) is 7.63. The minimum absolute atomic E-state index is 0.0381. The topological polar surface area (TPSA) is 3.24 Å². The molecular formula is C34H32BrN. The summed E-state index contributed by atoms with van der Waals surface area (Å²) in [5, 5.41) is 0. The van der Waals surface area contributed by atoms with Crippen molar-refractivity contribution in [2.24, 2.45) is 0 Å². The summed E-state index contributed by atoms with van der Waals surface area (Å²) < 4.78 is 1.08. The molecule has 0 aliphatic heterocycles. The van der Waals surface area contributed by atoms with Crippen molar-refractivity contribution in [3.8, 4) is 11.1 Å². The van der Waals surface area contributed by atoms with Gasteiger partial charge in [-0.1, -0.05) is 97.4 Å². The number of hydrogen-bond donors (Lipinski definition) is 0. The number of halogens is 1. The normalized spacial score (nSPS) is 14.1. The van der Waals surface area contributed by atoms with E-state index in [4.69, 9.17) is 0 Å². The number of hydrogen-bond acceptors (Lipinski definition) is 1. The van der Waals surface area contributed by atoms with Crippen LogP contribution in [-0.4, -0.2) is 0 Å². The molecule has 5 rings (SSSR count). The van der Waals surface area contributed by atoms with E-state index >= 15 is 0 Å². The lowest BCUT2D eigenvalue weighted by Crippen LogP contribution is -2.16. The lowest BCUT2D eigenvalue weighted by molar-refractivity contribution is 0.660. The van der Waals surface area contributed by atoms with Crippen LogP contribution in [-0.2, 0) is 5.41 Å². The molecule has 4 aromatic carbocycles. The number of benzene rings is 4. The first-order valence-corrected chi connectivity index (χ1v) is 13.5. The predicted octanol–water partition coefficient (Wildman–Crippen LogP) is 10.6. The molecule has 0 atom stereocenters. The standard InChI is InChI=1S/C34H32BrN/c1-5-7-10-24(6-2)25-13-17-27(18-14-25)36(28-19-15-26(35)16-20-28)29-21-22-31-30-11-8-9-12-32(30)34(3,4)33(31)23-29/h6-23H,5H2,1-4H3/b10-7-,24-6+. The van der Waals surface area contributed by atoms with Gasteiger partial charge in [0.2, 0.25) is 0 Å². The molecule has 0 fully saturated rings. The zero-order valence-electron chi connectivity index (χ0n) is 21.4. The van der Waals surface area contributed by atoms with Crippen molar-refractivity contribution in [1.82, 2.24) is 0 Å². The minimum Gasteiger partial charge on any atom is -0.310 e. The van der Waals surface area contributed by atoms with E-state index in [-0.39, 0.29) is 5.41 Å². The van der Waals surface area contributed by atoms with Crippen molar-refractivity contribution in [3.63, 3.8) is 0 Å². The van der Waals surface area contributed by atoms with Crippen molar-refractivity contribution in [1.29, 1.82) is 0 Å². The number of anilines is 3. The van der Waals surface area contributed by atoms with Gasteiger partial charge in [-0.2, -0.15) is 0 Å².